The number of Topliss-reactive ketones (excluding diaryl/α,β-unsaturated/α-hetero) is 1. The zero-order valence-electron chi connectivity index (χ0n) is 37.3. The summed E-state index contributed by atoms with van der Waals surface area (Å²) in [5.74, 6) is -4.10. The molecule has 354 valence electrons. The highest BCUT2D eigenvalue weighted by atomic mass is 32.1. The van der Waals surface area contributed by atoms with Gasteiger partial charge in [-0.25, -0.2) is 9.78 Å². The predicted octanol–water partition coefficient (Wildman–Crippen LogP) is 0.437. The number of esters is 1. The molecule has 15 N–H and O–H groups in total. The molecule has 5 amide bonds. The summed E-state index contributed by atoms with van der Waals surface area (Å²) in [6, 6.07) is 7.06. The molecule has 1 heterocycles. The minimum atomic E-state index is -1.16. The molecular weight excluding hydrogens is 859 g/mol. The van der Waals surface area contributed by atoms with Crippen LogP contribution in [0.3, 0.4) is 0 Å². The number of nitrogens with one attached hydrogen (secondary N) is 5. The number of unbranched alkanes of at least 4 members (excludes halogenated alkanes) is 1. The molecule has 0 radical (unpaired) electrons. The SMILES string of the molecule is COC(=O)c1ccc(CNC(=O)c2ccc3nc(C(=O)[C@H](CCCN=C(N)N)NC(=O)[C@H](CC(C)C)NC(=O)[C@H](CCCN=C(N)N)NC(=O)[C@H](CCCCN)NC(C)=O)sc3c2)cc1. The minimum absolute atomic E-state index is 0.0728. The number of nitrogens with zero attached hydrogens (tertiary/aromatic N) is 3. The first-order chi connectivity index (χ1) is 30.9. The van der Waals surface area contributed by atoms with Gasteiger partial charge in [-0.1, -0.05) is 26.0 Å². The van der Waals surface area contributed by atoms with E-state index >= 15 is 0 Å². The lowest BCUT2D eigenvalue weighted by atomic mass is 10.00. The molecule has 0 spiro atoms. The van der Waals surface area contributed by atoms with Gasteiger partial charge >= 0.3 is 5.97 Å². The van der Waals surface area contributed by atoms with E-state index in [1.54, 1.807) is 42.5 Å². The molecule has 2 aromatic carbocycles. The fourth-order valence-corrected chi connectivity index (χ4v) is 7.55. The molecule has 0 aliphatic heterocycles. The van der Waals surface area contributed by atoms with Gasteiger partial charge < -0.3 is 60.0 Å². The number of aliphatic imine (C=N–C) groups is 2. The number of ketones is 1. The Morgan fingerprint density at radius 2 is 1.25 bits per heavy atom. The van der Waals surface area contributed by atoms with Crippen LogP contribution in [0.1, 0.15) is 108 Å². The summed E-state index contributed by atoms with van der Waals surface area (Å²) >= 11 is 1.05. The molecule has 0 saturated carbocycles. The summed E-state index contributed by atoms with van der Waals surface area (Å²) in [6.45, 7) is 5.90. The van der Waals surface area contributed by atoms with Crippen molar-refractivity contribution in [2.24, 2.45) is 44.6 Å². The first-order valence-electron chi connectivity index (χ1n) is 21.3. The fourth-order valence-electron chi connectivity index (χ4n) is 6.55. The van der Waals surface area contributed by atoms with Crippen LogP contribution < -0.4 is 55.3 Å². The van der Waals surface area contributed by atoms with Crippen LogP contribution in [0.2, 0.25) is 0 Å². The molecule has 0 aliphatic carbocycles. The van der Waals surface area contributed by atoms with E-state index in [0.717, 1.165) is 16.9 Å². The van der Waals surface area contributed by atoms with Crippen molar-refractivity contribution in [2.75, 3.05) is 26.7 Å². The third-order valence-corrected chi connectivity index (χ3v) is 10.9. The molecule has 3 rings (SSSR count). The van der Waals surface area contributed by atoms with Crippen LogP contribution in [0.5, 0.6) is 0 Å². The maximum Gasteiger partial charge on any atom is 0.337 e. The number of aromatic nitrogens is 1. The number of hydrogen-bond acceptors (Lipinski definition) is 13. The smallest absolute Gasteiger partial charge is 0.337 e. The van der Waals surface area contributed by atoms with Gasteiger partial charge in [-0.05, 0) is 99.7 Å². The van der Waals surface area contributed by atoms with Gasteiger partial charge in [0.1, 0.15) is 18.1 Å². The number of amides is 5. The van der Waals surface area contributed by atoms with E-state index in [-0.39, 0.29) is 80.5 Å². The lowest BCUT2D eigenvalue weighted by molar-refractivity contribution is -0.134. The van der Waals surface area contributed by atoms with E-state index in [1.165, 1.54) is 14.0 Å². The number of carbonyl (C=O) groups is 7. The molecule has 3 aromatic rings. The highest BCUT2D eigenvalue weighted by Crippen LogP contribution is 2.25. The highest BCUT2D eigenvalue weighted by molar-refractivity contribution is 7.20. The van der Waals surface area contributed by atoms with E-state index < -0.39 is 59.5 Å². The molecule has 22 heteroatoms. The molecular formula is C43H63N13O8S. The van der Waals surface area contributed by atoms with Gasteiger partial charge in [0.2, 0.25) is 29.4 Å². The molecule has 1 aromatic heterocycles. The van der Waals surface area contributed by atoms with Crippen molar-refractivity contribution in [3.05, 3.63) is 64.2 Å². The lowest BCUT2D eigenvalue weighted by Gasteiger charge is -2.27. The highest BCUT2D eigenvalue weighted by Gasteiger charge is 2.32. The number of benzene rings is 2. The number of fused-ring (bicyclic) bond motifs is 1. The Hall–Kier alpha value is -6.68. The van der Waals surface area contributed by atoms with Crippen molar-refractivity contribution in [2.45, 2.75) is 103 Å². The van der Waals surface area contributed by atoms with Crippen molar-refractivity contribution < 1.29 is 38.3 Å². The van der Waals surface area contributed by atoms with Gasteiger partial charge in [0, 0.05) is 32.1 Å². The van der Waals surface area contributed by atoms with Crippen molar-refractivity contribution >= 4 is 74.8 Å². The summed E-state index contributed by atoms with van der Waals surface area (Å²) < 4.78 is 5.27. The molecule has 0 bridgehead atoms. The summed E-state index contributed by atoms with van der Waals surface area (Å²) in [6.07, 6.45) is 2.38. The number of ether oxygens (including phenoxy) is 1. The number of methoxy groups -OCH3 is 1. The van der Waals surface area contributed by atoms with Crippen LogP contribution in [0.25, 0.3) is 10.2 Å². The van der Waals surface area contributed by atoms with Crippen LogP contribution in [0, 0.1) is 5.92 Å². The minimum Gasteiger partial charge on any atom is -0.465 e. The van der Waals surface area contributed by atoms with Gasteiger partial charge in [-0.2, -0.15) is 0 Å². The van der Waals surface area contributed by atoms with Gasteiger partial charge in [0.25, 0.3) is 5.91 Å². The number of thiazole rings is 1. The Morgan fingerprint density at radius 3 is 1.82 bits per heavy atom. The van der Waals surface area contributed by atoms with Crippen molar-refractivity contribution in [3.63, 3.8) is 0 Å². The van der Waals surface area contributed by atoms with Gasteiger partial charge in [0.05, 0.1) is 28.9 Å². The number of guanidine groups is 2. The lowest BCUT2D eigenvalue weighted by Crippen LogP contribution is -2.58. The van der Waals surface area contributed by atoms with E-state index in [4.69, 9.17) is 33.4 Å². The van der Waals surface area contributed by atoms with E-state index in [1.807, 2.05) is 13.8 Å². The maximum absolute atomic E-state index is 14.2. The Kier molecular flexibility index (Phi) is 21.7. The largest absolute Gasteiger partial charge is 0.465 e. The number of hydrogen-bond donors (Lipinski definition) is 10. The van der Waals surface area contributed by atoms with E-state index in [2.05, 4.69) is 41.6 Å². The summed E-state index contributed by atoms with van der Waals surface area (Å²) in [5, 5.41) is 13.9. The fraction of sp³-hybridized carbons (Fsp3) is 0.488. The summed E-state index contributed by atoms with van der Waals surface area (Å²) in [5.41, 5.74) is 29.6. The monoisotopic (exact) mass is 921 g/mol. The third-order valence-electron chi connectivity index (χ3n) is 9.83. The second-order valence-electron chi connectivity index (χ2n) is 15.7. The predicted molar refractivity (Wildman–Crippen MR) is 248 cm³/mol. The molecule has 4 atom stereocenters. The first-order valence-corrected chi connectivity index (χ1v) is 22.1. The average molecular weight is 922 g/mol. The quantitative estimate of drug-likeness (QED) is 0.0163. The van der Waals surface area contributed by atoms with Crippen molar-refractivity contribution in [3.8, 4) is 0 Å². The van der Waals surface area contributed by atoms with E-state index in [0.29, 0.717) is 47.2 Å². The average Bonchev–Trinajstić information content (AvgIpc) is 3.70. The van der Waals surface area contributed by atoms with Crippen LogP contribution in [-0.4, -0.2) is 109 Å². The van der Waals surface area contributed by atoms with Gasteiger partial charge in [-0.15, -0.1) is 11.3 Å². The zero-order chi connectivity index (χ0) is 48.1. The standard InChI is InChI=1S/C43H63N13O8S/c1-24(2)21-33(55-38(61)32(11-8-20-50-43(47)48)54-37(60)31(52-25(3)57)9-5-6-18-44)39(62)53-30(10-7-19-49-42(45)46)35(58)40-56-29-17-16-28(22-34(29)65-40)36(59)51-23-26-12-14-27(15-13-26)41(63)64-4/h12-17,22,24,30-33H,5-11,18-21,23,44H2,1-4H3,(H,51,59)(H,52,57)(H,53,62)(H,54,60)(H,55,61)(H4,45,46,49)(H4,47,48,50)/t30-,31-,32-,33-/m0/s1. The molecule has 0 fully saturated rings. The number of nitrogens with two attached hydrogens (primary N) is 5. The van der Waals surface area contributed by atoms with Crippen LogP contribution in [0.15, 0.2) is 52.4 Å². The molecule has 0 saturated heterocycles. The Labute approximate surface area is 381 Å². The number of carbonyl (C=O) groups excluding carboxylic acids is 7. The Bertz CT molecular complexity index is 2170. The zero-order valence-corrected chi connectivity index (χ0v) is 38.1. The molecule has 0 unspecified atom stereocenters. The van der Waals surface area contributed by atoms with Crippen molar-refractivity contribution in [1.82, 2.24) is 31.6 Å². The molecule has 65 heavy (non-hydrogen) atoms. The van der Waals surface area contributed by atoms with Gasteiger partial charge in [-0.3, -0.25) is 38.8 Å². The van der Waals surface area contributed by atoms with E-state index in [9.17, 15) is 33.6 Å². The Balaban J connectivity index is 1.85. The van der Waals surface area contributed by atoms with Crippen LogP contribution >= 0.6 is 11.3 Å². The normalized spacial score (nSPS) is 12.8. The van der Waals surface area contributed by atoms with Crippen molar-refractivity contribution in [1.29, 1.82) is 0 Å². The van der Waals surface area contributed by atoms with Gasteiger partial charge in [0.15, 0.2) is 16.9 Å². The molecule has 0 aliphatic rings. The number of rotatable bonds is 27. The summed E-state index contributed by atoms with van der Waals surface area (Å²) in [7, 11) is 1.29. The first kappa shape index (κ1) is 52.7. The maximum atomic E-state index is 14.2. The topological polar surface area (TPSA) is 357 Å². The summed E-state index contributed by atoms with van der Waals surface area (Å²) in [4.78, 5) is 105. The van der Waals surface area contributed by atoms with Crippen LogP contribution in [0.4, 0.5) is 0 Å². The molecule has 21 nitrogen and oxygen atoms in total. The second kappa shape index (κ2) is 26.8. The second-order valence-corrected chi connectivity index (χ2v) is 16.7. The van der Waals surface area contributed by atoms with Crippen LogP contribution in [-0.2, 0) is 30.5 Å². The third kappa shape index (κ3) is 18.1. The Morgan fingerprint density at radius 1 is 0.708 bits per heavy atom.